The van der Waals surface area contributed by atoms with Gasteiger partial charge in [0.15, 0.2) is 0 Å². The molecule has 1 fully saturated rings. The van der Waals surface area contributed by atoms with Crippen LogP contribution in [0, 0.1) is 17.7 Å². The van der Waals surface area contributed by atoms with Gasteiger partial charge in [0, 0.05) is 35.1 Å². The Morgan fingerprint density at radius 2 is 2.03 bits per heavy atom. The first-order valence-corrected chi connectivity index (χ1v) is 11.8. The van der Waals surface area contributed by atoms with Crippen LogP contribution in [0.3, 0.4) is 0 Å². The summed E-state index contributed by atoms with van der Waals surface area (Å²) in [5.41, 5.74) is 4.68. The average molecular weight is 435 g/mol. The van der Waals surface area contributed by atoms with Crippen molar-refractivity contribution in [2.75, 3.05) is 6.61 Å². The highest BCUT2D eigenvalue weighted by Crippen LogP contribution is 2.36. The molecule has 1 heterocycles. The number of carbonyl (C=O) groups excluding carboxylic acids is 1. The molecule has 1 atom stereocenters. The standard InChI is InChI=1S/C27H31FN2O2/c1-17(2)27(31)29-21-8-10-25-23(13-21)24-14-22(32-16-18-6-7-18)9-11-26(24)30(25)15-19-4-3-5-20(28)12-19/h3-5,9,11-12,14,17-18,21H,6-8,10,13,15-16H2,1-2H3,(H,29,31). The Hall–Kier alpha value is -2.82. The summed E-state index contributed by atoms with van der Waals surface area (Å²) in [5, 5.41) is 4.41. The molecule has 168 valence electrons. The second-order valence-corrected chi connectivity index (χ2v) is 9.68. The molecule has 5 rings (SSSR count). The fourth-order valence-corrected chi connectivity index (χ4v) is 4.71. The first-order chi connectivity index (χ1) is 15.5. The molecule has 5 heteroatoms. The van der Waals surface area contributed by atoms with Crippen LogP contribution in [-0.4, -0.2) is 23.1 Å². The molecule has 0 spiro atoms. The predicted octanol–water partition coefficient (Wildman–Crippen LogP) is 5.25. The lowest BCUT2D eigenvalue weighted by Crippen LogP contribution is -2.41. The first kappa shape index (κ1) is 21.0. The lowest BCUT2D eigenvalue weighted by Gasteiger charge is -2.26. The Morgan fingerprint density at radius 3 is 2.78 bits per heavy atom. The molecule has 1 amide bonds. The van der Waals surface area contributed by atoms with Crippen LogP contribution in [0.25, 0.3) is 10.9 Å². The number of carbonyl (C=O) groups is 1. The van der Waals surface area contributed by atoms with Crippen molar-refractivity contribution in [2.45, 2.75) is 58.5 Å². The minimum atomic E-state index is -0.208. The maximum Gasteiger partial charge on any atom is 0.222 e. The van der Waals surface area contributed by atoms with E-state index in [4.69, 9.17) is 4.74 Å². The maximum atomic E-state index is 13.8. The van der Waals surface area contributed by atoms with Gasteiger partial charge in [-0.2, -0.15) is 0 Å². The van der Waals surface area contributed by atoms with Crippen molar-refractivity contribution in [3.63, 3.8) is 0 Å². The van der Waals surface area contributed by atoms with Gasteiger partial charge in [-0.25, -0.2) is 4.39 Å². The molecule has 0 saturated heterocycles. The zero-order valence-electron chi connectivity index (χ0n) is 18.9. The molecule has 1 unspecified atom stereocenters. The number of hydrogen-bond acceptors (Lipinski definition) is 2. The third-order valence-corrected chi connectivity index (χ3v) is 6.72. The van der Waals surface area contributed by atoms with Gasteiger partial charge in [0.05, 0.1) is 6.61 Å². The minimum absolute atomic E-state index is 0.0202. The van der Waals surface area contributed by atoms with Gasteiger partial charge in [-0.3, -0.25) is 4.79 Å². The number of nitrogens with zero attached hydrogens (tertiary/aromatic N) is 1. The van der Waals surface area contributed by atoms with Crippen molar-refractivity contribution in [3.05, 3.63) is 65.1 Å². The van der Waals surface area contributed by atoms with E-state index in [0.29, 0.717) is 12.5 Å². The number of halogens is 1. The molecule has 1 aromatic heterocycles. The van der Waals surface area contributed by atoms with Crippen molar-refractivity contribution < 1.29 is 13.9 Å². The number of aromatic nitrogens is 1. The average Bonchev–Trinajstić information content (AvgIpc) is 3.56. The molecule has 1 N–H and O–H groups in total. The van der Waals surface area contributed by atoms with Crippen molar-refractivity contribution in [3.8, 4) is 5.75 Å². The van der Waals surface area contributed by atoms with Crippen molar-refractivity contribution in [1.29, 1.82) is 0 Å². The molecule has 2 aliphatic carbocycles. The van der Waals surface area contributed by atoms with Crippen LogP contribution in [0.1, 0.15) is 49.9 Å². The summed E-state index contributed by atoms with van der Waals surface area (Å²) in [4.78, 5) is 12.3. The van der Waals surface area contributed by atoms with Gasteiger partial charge < -0.3 is 14.6 Å². The Balaban J connectivity index is 1.50. The molecular weight excluding hydrogens is 403 g/mol. The van der Waals surface area contributed by atoms with Crippen molar-refractivity contribution >= 4 is 16.8 Å². The van der Waals surface area contributed by atoms with E-state index in [9.17, 15) is 9.18 Å². The number of rotatable bonds is 7. The van der Waals surface area contributed by atoms with Crippen LogP contribution >= 0.6 is 0 Å². The van der Waals surface area contributed by atoms with Gasteiger partial charge in [-0.15, -0.1) is 0 Å². The Labute approximate surface area is 188 Å². The van der Waals surface area contributed by atoms with Gasteiger partial charge in [-0.05, 0) is 79.5 Å². The summed E-state index contributed by atoms with van der Waals surface area (Å²) >= 11 is 0. The number of fused-ring (bicyclic) bond motifs is 3. The molecule has 2 aliphatic rings. The highest BCUT2D eigenvalue weighted by Gasteiger charge is 2.27. The number of amides is 1. The lowest BCUT2D eigenvalue weighted by molar-refractivity contribution is -0.124. The van der Waals surface area contributed by atoms with Crippen LogP contribution in [0.4, 0.5) is 4.39 Å². The van der Waals surface area contributed by atoms with E-state index < -0.39 is 0 Å². The van der Waals surface area contributed by atoms with Crippen molar-refractivity contribution in [1.82, 2.24) is 9.88 Å². The zero-order chi connectivity index (χ0) is 22.2. The highest BCUT2D eigenvalue weighted by atomic mass is 19.1. The Bertz CT molecular complexity index is 1150. The molecule has 4 nitrogen and oxygen atoms in total. The lowest BCUT2D eigenvalue weighted by atomic mass is 9.91. The summed E-state index contributed by atoms with van der Waals surface area (Å²) < 4.78 is 22.2. The molecule has 32 heavy (non-hydrogen) atoms. The normalized spacial score (nSPS) is 18.1. The summed E-state index contributed by atoms with van der Waals surface area (Å²) in [6, 6.07) is 13.3. The van der Waals surface area contributed by atoms with Crippen LogP contribution in [0.15, 0.2) is 42.5 Å². The monoisotopic (exact) mass is 434 g/mol. The fourth-order valence-electron chi connectivity index (χ4n) is 4.71. The van der Waals surface area contributed by atoms with E-state index in [1.54, 1.807) is 12.1 Å². The maximum absolute atomic E-state index is 13.8. The van der Waals surface area contributed by atoms with E-state index in [-0.39, 0.29) is 23.7 Å². The third-order valence-electron chi connectivity index (χ3n) is 6.72. The predicted molar refractivity (Wildman–Crippen MR) is 124 cm³/mol. The molecule has 2 aromatic carbocycles. The largest absolute Gasteiger partial charge is 0.493 e. The van der Waals surface area contributed by atoms with Gasteiger partial charge in [0.25, 0.3) is 0 Å². The number of nitrogens with one attached hydrogen (secondary N) is 1. The van der Waals surface area contributed by atoms with E-state index in [0.717, 1.165) is 42.7 Å². The van der Waals surface area contributed by atoms with Crippen LogP contribution in [0.5, 0.6) is 5.75 Å². The quantitative estimate of drug-likeness (QED) is 0.552. The highest BCUT2D eigenvalue weighted by molar-refractivity contribution is 5.87. The summed E-state index contributed by atoms with van der Waals surface area (Å²) in [6.07, 6.45) is 5.14. The second kappa shape index (κ2) is 8.61. The zero-order valence-corrected chi connectivity index (χ0v) is 18.9. The van der Waals surface area contributed by atoms with Crippen LogP contribution < -0.4 is 10.1 Å². The van der Waals surface area contributed by atoms with Gasteiger partial charge >= 0.3 is 0 Å². The SMILES string of the molecule is CC(C)C(=O)NC1CCc2c(c3cc(OCC4CC4)ccc3n2Cc2cccc(F)c2)C1. The minimum Gasteiger partial charge on any atom is -0.493 e. The van der Waals surface area contributed by atoms with Crippen molar-refractivity contribution in [2.24, 2.45) is 11.8 Å². The van der Waals surface area contributed by atoms with Gasteiger partial charge in [0.2, 0.25) is 5.91 Å². The summed E-state index contributed by atoms with van der Waals surface area (Å²) in [7, 11) is 0. The fraction of sp³-hybridized carbons (Fsp3) is 0.444. The molecule has 0 radical (unpaired) electrons. The molecule has 0 aliphatic heterocycles. The van der Waals surface area contributed by atoms with E-state index in [2.05, 4.69) is 28.1 Å². The second-order valence-electron chi connectivity index (χ2n) is 9.68. The smallest absolute Gasteiger partial charge is 0.222 e. The number of ether oxygens (including phenoxy) is 1. The Kier molecular flexibility index (Phi) is 5.66. The molecular formula is C27H31FN2O2. The molecule has 3 aromatic rings. The first-order valence-electron chi connectivity index (χ1n) is 11.8. The number of hydrogen-bond donors (Lipinski definition) is 1. The molecule has 0 bridgehead atoms. The van der Waals surface area contributed by atoms with E-state index in [1.165, 1.54) is 35.6 Å². The summed E-state index contributed by atoms with van der Waals surface area (Å²) in [6.45, 7) is 5.27. The van der Waals surface area contributed by atoms with Gasteiger partial charge in [-0.1, -0.05) is 26.0 Å². The number of benzene rings is 2. The third kappa shape index (κ3) is 4.38. The van der Waals surface area contributed by atoms with Crippen LogP contribution in [-0.2, 0) is 24.2 Å². The van der Waals surface area contributed by atoms with E-state index >= 15 is 0 Å². The van der Waals surface area contributed by atoms with Crippen LogP contribution in [0.2, 0.25) is 0 Å². The topological polar surface area (TPSA) is 43.3 Å². The molecule has 1 saturated carbocycles. The van der Waals surface area contributed by atoms with E-state index in [1.807, 2.05) is 19.9 Å². The van der Waals surface area contributed by atoms with Gasteiger partial charge in [0.1, 0.15) is 11.6 Å². The Morgan fingerprint density at radius 1 is 1.19 bits per heavy atom. The summed E-state index contributed by atoms with van der Waals surface area (Å²) in [5.74, 6) is 1.49.